The number of rotatable bonds is 16. The second kappa shape index (κ2) is 21.8. The molecular formula is C37H54Cl2N4O3. The van der Waals surface area contributed by atoms with Crippen LogP contribution in [0.4, 0.5) is 0 Å². The van der Waals surface area contributed by atoms with E-state index in [1.165, 1.54) is 13.0 Å². The summed E-state index contributed by atoms with van der Waals surface area (Å²) in [5, 5.41) is 4.42. The molecule has 1 aromatic heterocycles. The Morgan fingerprint density at radius 3 is 2.15 bits per heavy atom. The van der Waals surface area contributed by atoms with E-state index in [1.54, 1.807) is 18.2 Å². The Labute approximate surface area is 287 Å². The first-order valence-electron chi connectivity index (χ1n) is 16.7. The van der Waals surface area contributed by atoms with E-state index in [0.29, 0.717) is 34.8 Å². The van der Waals surface area contributed by atoms with Gasteiger partial charge in [-0.15, -0.1) is 0 Å². The first-order chi connectivity index (χ1) is 22.3. The highest BCUT2D eigenvalue weighted by atomic mass is 35.5. The van der Waals surface area contributed by atoms with Crippen LogP contribution in [-0.4, -0.2) is 61.4 Å². The van der Waals surface area contributed by atoms with Crippen LogP contribution in [0.3, 0.4) is 0 Å². The van der Waals surface area contributed by atoms with E-state index in [2.05, 4.69) is 55.7 Å². The van der Waals surface area contributed by atoms with Crippen molar-refractivity contribution in [1.82, 2.24) is 19.8 Å². The van der Waals surface area contributed by atoms with Crippen LogP contribution in [0.1, 0.15) is 67.2 Å². The van der Waals surface area contributed by atoms with Gasteiger partial charge in [0, 0.05) is 40.8 Å². The molecule has 4 rings (SSSR count). The molecule has 0 amide bonds. The summed E-state index contributed by atoms with van der Waals surface area (Å²) >= 11 is 12.3. The lowest BCUT2D eigenvalue weighted by molar-refractivity contribution is 0.308. The maximum absolute atomic E-state index is 6.16. The second-order valence-electron chi connectivity index (χ2n) is 10.8. The third-order valence-electron chi connectivity index (χ3n) is 6.64. The van der Waals surface area contributed by atoms with E-state index in [0.717, 1.165) is 72.8 Å². The van der Waals surface area contributed by atoms with E-state index < -0.39 is 0 Å². The van der Waals surface area contributed by atoms with Gasteiger partial charge in [0.25, 0.3) is 0 Å². The molecule has 4 aromatic rings. The van der Waals surface area contributed by atoms with Crippen molar-refractivity contribution in [1.29, 1.82) is 0 Å². The summed E-state index contributed by atoms with van der Waals surface area (Å²) in [7, 11) is 4.17. The molecule has 3 aromatic carbocycles. The number of halogens is 2. The molecule has 7 nitrogen and oxygen atoms in total. The molecule has 254 valence electrons. The van der Waals surface area contributed by atoms with E-state index in [9.17, 15) is 0 Å². The summed E-state index contributed by atoms with van der Waals surface area (Å²) in [6.45, 7) is 17.4. The number of nitrogens with one attached hydrogen (secondary N) is 1. The number of ether oxygens (including phenoxy) is 3. The number of fused-ring (bicyclic) bond motifs is 1. The minimum Gasteiger partial charge on any atom is -0.492 e. The van der Waals surface area contributed by atoms with Gasteiger partial charge in [-0.3, -0.25) is 0 Å². The van der Waals surface area contributed by atoms with Gasteiger partial charge in [0.05, 0.1) is 12.1 Å². The zero-order valence-electron chi connectivity index (χ0n) is 29.1. The fourth-order valence-electron chi connectivity index (χ4n) is 4.69. The Morgan fingerprint density at radius 1 is 0.804 bits per heavy atom. The number of imidazole rings is 1. The molecule has 0 aliphatic heterocycles. The Morgan fingerprint density at radius 2 is 1.54 bits per heavy atom. The number of unbranched alkanes of at least 4 members (excludes halogenated alkanes) is 1. The van der Waals surface area contributed by atoms with E-state index in [4.69, 9.17) is 42.4 Å². The number of aromatic nitrogens is 2. The van der Waals surface area contributed by atoms with Gasteiger partial charge >= 0.3 is 0 Å². The Bertz CT molecular complexity index is 1420. The second-order valence-corrected chi connectivity index (χ2v) is 11.7. The third kappa shape index (κ3) is 12.7. The van der Waals surface area contributed by atoms with Crippen LogP contribution < -0.4 is 19.5 Å². The zero-order chi connectivity index (χ0) is 33.9. The van der Waals surface area contributed by atoms with Gasteiger partial charge in [0.15, 0.2) is 5.75 Å². The summed E-state index contributed by atoms with van der Waals surface area (Å²) in [5.41, 5.74) is 2.75. The predicted octanol–water partition coefficient (Wildman–Crippen LogP) is 10.4. The van der Waals surface area contributed by atoms with Crippen LogP contribution in [0.25, 0.3) is 22.4 Å². The van der Waals surface area contributed by atoms with Crippen LogP contribution in [0.2, 0.25) is 10.0 Å². The average molecular weight is 674 g/mol. The van der Waals surface area contributed by atoms with Crippen molar-refractivity contribution >= 4 is 34.2 Å². The van der Waals surface area contributed by atoms with Gasteiger partial charge in [-0.25, -0.2) is 4.98 Å². The highest BCUT2D eigenvalue weighted by Crippen LogP contribution is 2.36. The van der Waals surface area contributed by atoms with Crippen molar-refractivity contribution < 1.29 is 14.2 Å². The largest absolute Gasteiger partial charge is 0.492 e. The van der Waals surface area contributed by atoms with Crippen molar-refractivity contribution in [3.8, 4) is 34.4 Å². The van der Waals surface area contributed by atoms with Crippen molar-refractivity contribution in [2.24, 2.45) is 0 Å². The third-order valence-corrected chi connectivity index (χ3v) is 7.07. The van der Waals surface area contributed by atoms with E-state index in [-0.39, 0.29) is 0 Å². The normalized spacial score (nSPS) is 10.7. The molecule has 0 radical (unpaired) electrons. The number of hydrogen-bond acceptors (Lipinski definition) is 6. The minimum atomic E-state index is 0.521. The Balaban J connectivity index is 0.000000826. The molecule has 0 aliphatic carbocycles. The molecule has 0 saturated heterocycles. The summed E-state index contributed by atoms with van der Waals surface area (Å²) in [6, 6.07) is 17.1. The van der Waals surface area contributed by atoms with Gasteiger partial charge in [-0.1, -0.05) is 76.4 Å². The van der Waals surface area contributed by atoms with Crippen LogP contribution in [-0.2, 0) is 6.54 Å². The van der Waals surface area contributed by atoms with E-state index >= 15 is 0 Å². The van der Waals surface area contributed by atoms with Crippen molar-refractivity contribution in [3.05, 3.63) is 64.6 Å². The summed E-state index contributed by atoms with van der Waals surface area (Å²) in [6.07, 6.45) is 4.44. The van der Waals surface area contributed by atoms with Crippen molar-refractivity contribution in [2.75, 3.05) is 46.9 Å². The molecule has 0 spiro atoms. The van der Waals surface area contributed by atoms with Gasteiger partial charge < -0.3 is 29.0 Å². The number of hydrogen-bond donors (Lipinski definition) is 1. The standard InChI is InChI=1S/C30H35Cl2N3O3.C5H13N.C2H6/c1-4-7-13-35-27-19-25(37-14-12-33-11-5-2)20-28(36-6-3)29(27)34-30(35)21-9-8-10-24(15-21)38-26-17-22(31)16-23(32)18-26;1-4-5-6(2)3;1-2/h8-10,15-20,33H,4-7,11-14H2,1-3H3;4-5H2,1-3H3;1-2H3. The molecule has 0 bridgehead atoms. The number of nitrogens with zero attached hydrogens (tertiary/aromatic N) is 3. The molecule has 0 atom stereocenters. The first-order valence-corrected chi connectivity index (χ1v) is 17.4. The SMILES string of the molecule is CC.CCCCn1c(-c2cccc(Oc3cc(Cl)cc(Cl)c3)c2)nc2c(OCC)cc(OCCNCCC)cc21.CCCN(C)C. The van der Waals surface area contributed by atoms with Crippen LogP contribution >= 0.6 is 23.2 Å². The fourth-order valence-corrected chi connectivity index (χ4v) is 5.20. The molecule has 0 saturated carbocycles. The molecule has 0 aliphatic rings. The van der Waals surface area contributed by atoms with Gasteiger partial charge in [-0.2, -0.15) is 0 Å². The predicted molar refractivity (Wildman–Crippen MR) is 197 cm³/mol. The Kier molecular flexibility index (Phi) is 18.5. The molecule has 1 heterocycles. The highest BCUT2D eigenvalue weighted by molar-refractivity contribution is 6.34. The average Bonchev–Trinajstić information content (AvgIpc) is 3.39. The van der Waals surface area contributed by atoms with E-state index in [1.807, 2.05) is 51.1 Å². The summed E-state index contributed by atoms with van der Waals surface area (Å²) < 4.78 is 20.5. The topological polar surface area (TPSA) is 60.8 Å². The monoisotopic (exact) mass is 672 g/mol. The molecule has 0 fully saturated rings. The molecule has 9 heteroatoms. The zero-order valence-corrected chi connectivity index (χ0v) is 30.6. The summed E-state index contributed by atoms with van der Waals surface area (Å²) in [4.78, 5) is 7.25. The lowest BCUT2D eigenvalue weighted by Crippen LogP contribution is -2.21. The maximum Gasteiger partial charge on any atom is 0.150 e. The first kappa shape index (κ1) is 39.2. The van der Waals surface area contributed by atoms with Crippen molar-refractivity contribution in [2.45, 2.75) is 73.8 Å². The Hall–Kier alpha value is -2.97. The fraction of sp³-hybridized carbons (Fsp3) is 0.486. The van der Waals surface area contributed by atoms with Crippen LogP contribution in [0, 0.1) is 0 Å². The van der Waals surface area contributed by atoms with Crippen LogP contribution in [0.5, 0.6) is 23.0 Å². The number of aryl methyl sites for hydroxylation is 1. The highest BCUT2D eigenvalue weighted by Gasteiger charge is 2.18. The van der Waals surface area contributed by atoms with Gasteiger partial charge in [-0.05, 0) is 83.7 Å². The molecule has 46 heavy (non-hydrogen) atoms. The quantitative estimate of drug-likeness (QED) is 0.120. The maximum atomic E-state index is 6.16. The van der Waals surface area contributed by atoms with Crippen molar-refractivity contribution in [3.63, 3.8) is 0 Å². The smallest absolute Gasteiger partial charge is 0.150 e. The molecular weight excluding hydrogens is 619 g/mol. The lowest BCUT2D eigenvalue weighted by atomic mass is 10.2. The number of benzene rings is 3. The van der Waals surface area contributed by atoms with Crippen LogP contribution in [0.15, 0.2) is 54.6 Å². The minimum absolute atomic E-state index is 0.521. The summed E-state index contributed by atoms with van der Waals surface area (Å²) in [5.74, 6) is 3.60. The lowest BCUT2D eigenvalue weighted by Gasteiger charge is -2.13. The molecule has 1 N–H and O–H groups in total. The van der Waals surface area contributed by atoms with Gasteiger partial charge in [0.2, 0.25) is 0 Å². The molecule has 0 unspecified atom stereocenters. The van der Waals surface area contributed by atoms with Gasteiger partial charge in [0.1, 0.15) is 35.2 Å².